The Morgan fingerprint density at radius 3 is 1.26 bits per heavy atom. The standard InChI is InChI=1S/C34H61N15O12S/c1-16(32(60)61)44-27(55)18(5-3-12-42-33(38)39)46-28(56)19(6-4-13-43-34(40)41)47-29(57)20(7-9-23(36)50)48-31(59)22(11-14-62-2)49-30(58)21(8-10-25(52)53)45-26(54)17(35)15-24(37)51/h16-22H,3-15,35H2,1-2H3,(H2,36,50)(H2,37,51)(H,44,55)(H,45,54)(H,46,56)(H,47,57)(H,48,59)(H,49,58)(H,52,53)(H,60,61)(H4,38,39,42)(H4,40,41,43)/t16-,17-,18-,19-,20-,21-,22-/m0/s1. The summed E-state index contributed by atoms with van der Waals surface area (Å²) in [5, 5.41) is 32.9. The van der Waals surface area contributed by atoms with Gasteiger partial charge in [0, 0.05) is 25.9 Å². The van der Waals surface area contributed by atoms with Crippen LogP contribution in [0.3, 0.4) is 0 Å². The number of carbonyl (C=O) groups is 10. The lowest BCUT2D eigenvalue weighted by molar-refractivity contribution is -0.142. The maximum atomic E-state index is 13.9. The number of nitrogens with two attached hydrogens (primary N) is 7. The highest BCUT2D eigenvalue weighted by Crippen LogP contribution is 2.09. The third-order valence-electron chi connectivity index (χ3n) is 8.48. The van der Waals surface area contributed by atoms with E-state index < -0.39 is 134 Å². The molecule has 350 valence electrons. The Hall–Kier alpha value is -6.45. The number of primary amides is 2. The molecule has 0 aromatic rings. The molecule has 0 saturated heterocycles. The molecule has 0 heterocycles. The lowest BCUT2D eigenvalue weighted by Gasteiger charge is -2.27. The smallest absolute Gasteiger partial charge is 0.325 e. The molecule has 27 nitrogen and oxygen atoms in total. The van der Waals surface area contributed by atoms with Crippen molar-refractivity contribution in [2.24, 2.45) is 50.1 Å². The van der Waals surface area contributed by atoms with Crippen LogP contribution < -0.4 is 72.0 Å². The largest absolute Gasteiger partial charge is 0.481 e. The summed E-state index contributed by atoms with van der Waals surface area (Å²) in [5.74, 6) is -10.5. The van der Waals surface area contributed by atoms with Gasteiger partial charge >= 0.3 is 11.9 Å². The van der Waals surface area contributed by atoms with E-state index in [0.717, 1.165) is 0 Å². The van der Waals surface area contributed by atoms with Crippen LogP contribution in [0.25, 0.3) is 0 Å². The summed E-state index contributed by atoms with van der Waals surface area (Å²) in [6.45, 7) is 1.23. The first kappa shape index (κ1) is 55.5. The Morgan fingerprint density at radius 1 is 0.532 bits per heavy atom. The van der Waals surface area contributed by atoms with Crippen molar-refractivity contribution >= 4 is 82.9 Å². The van der Waals surface area contributed by atoms with Gasteiger partial charge in [0.05, 0.1) is 12.5 Å². The number of thioether (sulfide) groups is 1. The lowest BCUT2D eigenvalue weighted by Crippen LogP contribution is -2.60. The molecule has 0 rings (SSSR count). The van der Waals surface area contributed by atoms with Crippen molar-refractivity contribution in [3.8, 4) is 0 Å². The molecule has 0 aliphatic heterocycles. The predicted octanol–water partition coefficient (Wildman–Crippen LogP) is -6.81. The maximum Gasteiger partial charge on any atom is 0.325 e. The fourth-order valence-electron chi connectivity index (χ4n) is 5.19. The van der Waals surface area contributed by atoms with Crippen molar-refractivity contribution in [1.82, 2.24) is 31.9 Å². The highest BCUT2D eigenvalue weighted by Gasteiger charge is 2.33. The molecule has 0 aliphatic carbocycles. The second kappa shape index (κ2) is 29.7. The number of amides is 8. The zero-order valence-corrected chi connectivity index (χ0v) is 35.4. The molecule has 62 heavy (non-hydrogen) atoms. The summed E-state index contributed by atoms with van der Waals surface area (Å²) >= 11 is 1.27. The van der Waals surface area contributed by atoms with E-state index in [0.29, 0.717) is 0 Å². The van der Waals surface area contributed by atoms with Gasteiger partial charge in [0.25, 0.3) is 0 Å². The molecule has 0 unspecified atom stereocenters. The third kappa shape index (κ3) is 24.6. The molecule has 0 aromatic heterocycles. The van der Waals surface area contributed by atoms with Crippen molar-refractivity contribution in [1.29, 1.82) is 0 Å². The number of guanidine groups is 2. The normalized spacial score (nSPS) is 14.0. The maximum absolute atomic E-state index is 13.9. The summed E-state index contributed by atoms with van der Waals surface area (Å²) < 4.78 is 0. The van der Waals surface area contributed by atoms with Crippen molar-refractivity contribution in [2.75, 3.05) is 25.1 Å². The Kier molecular flexibility index (Phi) is 26.6. The molecule has 8 amide bonds. The highest BCUT2D eigenvalue weighted by molar-refractivity contribution is 7.98. The number of hydrogen-bond donors (Lipinski definition) is 15. The summed E-state index contributed by atoms with van der Waals surface area (Å²) in [6.07, 6.45) is -0.889. The molecule has 22 N–H and O–H groups in total. The lowest BCUT2D eigenvalue weighted by atomic mass is 10.0. The molecule has 0 aliphatic rings. The Morgan fingerprint density at radius 2 is 0.903 bits per heavy atom. The first-order valence-corrected chi connectivity index (χ1v) is 20.6. The molecule has 0 bridgehead atoms. The molecule has 0 radical (unpaired) electrons. The van der Waals surface area contributed by atoms with E-state index in [2.05, 4.69) is 41.9 Å². The molecule has 0 spiro atoms. The average Bonchev–Trinajstić information content (AvgIpc) is 3.17. The number of carbonyl (C=O) groups excluding carboxylic acids is 8. The van der Waals surface area contributed by atoms with Crippen LogP contribution in [0.1, 0.15) is 71.1 Å². The first-order chi connectivity index (χ1) is 29.0. The second-order valence-electron chi connectivity index (χ2n) is 13.8. The Balaban J connectivity index is 6.64. The van der Waals surface area contributed by atoms with Crippen LogP contribution in [-0.4, -0.2) is 149 Å². The monoisotopic (exact) mass is 903 g/mol. The number of rotatable bonds is 32. The summed E-state index contributed by atoms with van der Waals surface area (Å²) in [6, 6.07) is -10.2. The van der Waals surface area contributed by atoms with Crippen molar-refractivity contribution < 1.29 is 58.2 Å². The van der Waals surface area contributed by atoms with Gasteiger partial charge in [-0.3, -0.25) is 57.9 Å². The predicted molar refractivity (Wildman–Crippen MR) is 225 cm³/mol. The van der Waals surface area contributed by atoms with Gasteiger partial charge in [-0.2, -0.15) is 11.8 Å². The van der Waals surface area contributed by atoms with Crippen LogP contribution >= 0.6 is 11.8 Å². The average molecular weight is 904 g/mol. The molecule has 0 saturated carbocycles. The molecule has 0 fully saturated rings. The van der Waals surface area contributed by atoms with E-state index in [-0.39, 0.29) is 62.9 Å². The van der Waals surface area contributed by atoms with Crippen LogP contribution in [-0.2, 0) is 47.9 Å². The number of hydrogen-bond acceptors (Lipinski definition) is 14. The van der Waals surface area contributed by atoms with Gasteiger partial charge in [-0.25, -0.2) is 0 Å². The van der Waals surface area contributed by atoms with E-state index in [1.807, 2.05) is 0 Å². The third-order valence-corrected chi connectivity index (χ3v) is 9.12. The Bertz CT molecular complexity index is 1640. The van der Waals surface area contributed by atoms with Crippen LogP contribution in [0, 0.1) is 0 Å². The zero-order chi connectivity index (χ0) is 47.5. The minimum absolute atomic E-state index is 0.00973. The van der Waals surface area contributed by atoms with Gasteiger partial charge in [0.1, 0.15) is 36.3 Å². The topological polar surface area (TPSA) is 490 Å². The van der Waals surface area contributed by atoms with Gasteiger partial charge in [-0.1, -0.05) is 0 Å². The van der Waals surface area contributed by atoms with E-state index in [1.165, 1.54) is 18.7 Å². The van der Waals surface area contributed by atoms with Crippen molar-refractivity contribution in [2.45, 2.75) is 113 Å². The summed E-state index contributed by atoms with van der Waals surface area (Å²) in [4.78, 5) is 134. The zero-order valence-electron chi connectivity index (χ0n) is 34.6. The Labute approximate surface area is 361 Å². The fourth-order valence-corrected chi connectivity index (χ4v) is 5.67. The number of nitrogens with one attached hydrogen (secondary N) is 6. The van der Waals surface area contributed by atoms with Gasteiger partial charge in [0.15, 0.2) is 11.9 Å². The van der Waals surface area contributed by atoms with Crippen LogP contribution in [0.4, 0.5) is 0 Å². The summed E-state index contributed by atoms with van der Waals surface area (Å²) in [7, 11) is 0. The van der Waals surface area contributed by atoms with Crippen molar-refractivity contribution in [3.63, 3.8) is 0 Å². The minimum atomic E-state index is -1.58. The minimum Gasteiger partial charge on any atom is -0.481 e. The van der Waals surface area contributed by atoms with E-state index in [4.69, 9.17) is 40.1 Å². The SMILES string of the molecule is CSCC[C@H](NC(=O)[C@H](CCC(=O)O)NC(=O)[C@@H](N)CC(N)=O)C(=O)N[C@@H](CCC(N)=O)C(=O)N[C@@H](CCCN=C(N)N)C(=O)N[C@@H](CCCN=C(N)N)C(=O)N[C@@H](C)C(=O)O. The molecule has 7 atom stereocenters. The number of carboxylic acids is 2. The van der Waals surface area contributed by atoms with Crippen LogP contribution in [0.5, 0.6) is 0 Å². The van der Waals surface area contributed by atoms with E-state index in [1.54, 1.807) is 6.26 Å². The quantitative estimate of drug-likeness (QED) is 0.0169. The fraction of sp³-hybridized carbons (Fsp3) is 0.647. The van der Waals surface area contributed by atoms with Gasteiger partial charge in [-0.15, -0.1) is 0 Å². The van der Waals surface area contributed by atoms with Crippen LogP contribution in [0.15, 0.2) is 9.98 Å². The number of aliphatic carboxylic acids is 2. The highest BCUT2D eigenvalue weighted by atomic mass is 32.2. The number of nitrogens with zero attached hydrogens (tertiary/aromatic N) is 2. The number of aliphatic imine (C=N–C) groups is 2. The molecule has 28 heteroatoms. The number of carboxylic acid groups (broad SMARTS) is 2. The molecular weight excluding hydrogens is 843 g/mol. The summed E-state index contributed by atoms with van der Waals surface area (Å²) in [5.41, 5.74) is 37.7. The van der Waals surface area contributed by atoms with Crippen LogP contribution in [0.2, 0.25) is 0 Å². The van der Waals surface area contributed by atoms with E-state index in [9.17, 15) is 58.2 Å². The van der Waals surface area contributed by atoms with Gasteiger partial charge < -0.3 is 82.2 Å². The molecule has 0 aromatic carbocycles. The van der Waals surface area contributed by atoms with Crippen molar-refractivity contribution in [3.05, 3.63) is 0 Å². The first-order valence-electron chi connectivity index (χ1n) is 19.2. The molecular formula is C34H61N15O12S. The van der Waals surface area contributed by atoms with Gasteiger partial charge in [-0.05, 0) is 63.9 Å². The second-order valence-corrected chi connectivity index (χ2v) is 14.8. The van der Waals surface area contributed by atoms with E-state index >= 15 is 0 Å². The van der Waals surface area contributed by atoms with Gasteiger partial charge in [0.2, 0.25) is 47.3 Å².